The first-order valence-electron chi connectivity index (χ1n) is 17.8. The molecule has 0 bridgehead atoms. The number of nitrogens with one attached hydrogen (secondary N) is 1. The average Bonchev–Trinajstić information content (AvgIpc) is 3.68. The number of alkyl halides is 1. The lowest BCUT2D eigenvalue weighted by Crippen LogP contribution is -2.44. The maximum Gasteiger partial charge on any atom is 0.320 e. The van der Waals surface area contributed by atoms with Crippen molar-refractivity contribution < 1.29 is 14.7 Å². The number of carboxylic acids is 1. The molecule has 5 fully saturated rings. The summed E-state index contributed by atoms with van der Waals surface area (Å²) in [6, 6.07) is 1.67. The van der Waals surface area contributed by atoms with E-state index in [-0.39, 0.29) is 12.3 Å². The Kier molecular flexibility index (Phi) is 10.9. The molecule has 2 N–H and O–H groups in total. The summed E-state index contributed by atoms with van der Waals surface area (Å²) in [5.41, 5.74) is -0.790. The molecule has 4 aliphatic carbocycles. The Morgan fingerprint density at radius 2 is 1.43 bits per heavy atom. The number of carboxylic acid groups (broad SMARTS) is 1. The van der Waals surface area contributed by atoms with Crippen LogP contribution in [0.25, 0.3) is 0 Å². The lowest BCUT2D eigenvalue weighted by Gasteiger charge is -2.37. The lowest BCUT2D eigenvalue weighted by molar-refractivity contribution is -0.141. The predicted octanol–water partition coefficient (Wildman–Crippen LogP) is 8.40. The van der Waals surface area contributed by atoms with Crippen molar-refractivity contribution in [2.24, 2.45) is 52.8 Å². The molecular formula is C38H59BrN2O3. The minimum Gasteiger partial charge on any atom is -0.480 e. The van der Waals surface area contributed by atoms with Crippen LogP contribution in [0.15, 0.2) is 37.5 Å². The van der Waals surface area contributed by atoms with E-state index >= 15 is 0 Å². The number of likely N-dealkylation sites (tertiary alicyclic amines) is 1. The van der Waals surface area contributed by atoms with E-state index in [4.69, 9.17) is 0 Å². The summed E-state index contributed by atoms with van der Waals surface area (Å²) in [6.07, 6.45) is 25.7. The van der Waals surface area contributed by atoms with Crippen LogP contribution in [0.5, 0.6) is 0 Å². The summed E-state index contributed by atoms with van der Waals surface area (Å²) < 4.78 is -1.13. The molecule has 5 rings (SSSR count). The van der Waals surface area contributed by atoms with Crippen LogP contribution in [0.3, 0.4) is 0 Å². The zero-order valence-electron chi connectivity index (χ0n) is 27.7. The third kappa shape index (κ3) is 7.42. The van der Waals surface area contributed by atoms with Crippen LogP contribution in [0.1, 0.15) is 104 Å². The highest BCUT2D eigenvalue weighted by Crippen LogP contribution is 2.51. The second-order valence-corrected chi connectivity index (χ2v) is 17.9. The highest BCUT2D eigenvalue weighted by atomic mass is 79.9. The summed E-state index contributed by atoms with van der Waals surface area (Å²) in [5.74, 6) is 4.05. The Labute approximate surface area is 275 Å². The van der Waals surface area contributed by atoms with Gasteiger partial charge in [-0.25, -0.2) is 0 Å². The number of allylic oxidation sites excluding steroid dienone is 4. The largest absolute Gasteiger partial charge is 0.480 e. The number of carbonyl (C=O) groups excluding carboxylic acids is 1. The summed E-state index contributed by atoms with van der Waals surface area (Å²) in [6.45, 7) is 15.6. The number of nitrogens with zero attached hydrogens (tertiary/aromatic N) is 1. The van der Waals surface area contributed by atoms with Gasteiger partial charge in [-0.15, -0.1) is 13.2 Å². The number of rotatable bonds is 12. The molecule has 4 saturated carbocycles. The van der Waals surface area contributed by atoms with Gasteiger partial charge >= 0.3 is 5.97 Å². The summed E-state index contributed by atoms with van der Waals surface area (Å²) in [7, 11) is 0. The lowest BCUT2D eigenvalue weighted by atomic mass is 9.73. The number of amides is 1. The molecule has 5 aliphatic rings. The van der Waals surface area contributed by atoms with Crippen LogP contribution < -0.4 is 5.32 Å². The van der Waals surface area contributed by atoms with Gasteiger partial charge in [-0.1, -0.05) is 79.8 Å². The first-order valence-corrected chi connectivity index (χ1v) is 18.6. The molecule has 1 saturated heterocycles. The van der Waals surface area contributed by atoms with Crippen molar-refractivity contribution in [3.8, 4) is 0 Å². The van der Waals surface area contributed by atoms with Crippen molar-refractivity contribution in [1.29, 1.82) is 0 Å². The number of aliphatic carboxylic acids is 1. The van der Waals surface area contributed by atoms with Crippen molar-refractivity contribution in [3.63, 3.8) is 0 Å². The van der Waals surface area contributed by atoms with E-state index in [0.717, 1.165) is 36.8 Å². The summed E-state index contributed by atoms with van der Waals surface area (Å²) in [5, 5.41) is 12.7. The molecule has 0 aromatic carbocycles. The molecule has 246 valence electrons. The van der Waals surface area contributed by atoms with Gasteiger partial charge in [-0.2, -0.15) is 0 Å². The standard InChI is InChI=1S/C38H59BrN2O3/c1-6-25-18-28(29(19-25)22-40-35(42)37(3,4)24-38(5,39)36(43)44)17-16-26-20-27(7-2)30(21-26)23-41-33-14-10-8-12-31(33)32-13-9-11-15-34(32)41/h6-7,16-17,25-34H,1-2,8-15,18-24H2,3-5H3,(H,40,42)(H,43,44)/b17-16-. The number of hydrogen-bond acceptors (Lipinski definition) is 3. The molecule has 0 aromatic heterocycles. The Hall–Kier alpha value is -1.40. The molecule has 11 atom stereocenters. The van der Waals surface area contributed by atoms with Crippen molar-refractivity contribution in [3.05, 3.63) is 37.5 Å². The molecular weight excluding hydrogens is 612 g/mol. The predicted molar refractivity (Wildman–Crippen MR) is 184 cm³/mol. The van der Waals surface area contributed by atoms with Gasteiger partial charge in [0.1, 0.15) is 4.32 Å². The molecule has 1 heterocycles. The fourth-order valence-corrected chi connectivity index (χ4v) is 11.1. The van der Waals surface area contributed by atoms with Crippen molar-refractivity contribution in [1.82, 2.24) is 10.2 Å². The maximum absolute atomic E-state index is 13.2. The fraction of sp³-hybridized carbons (Fsp3) is 0.789. The molecule has 44 heavy (non-hydrogen) atoms. The van der Waals surface area contributed by atoms with Gasteiger partial charge in [0.2, 0.25) is 5.91 Å². The molecule has 1 amide bonds. The zero-order chi connectivity index (χ0) is 31.6. The molecule has 11 unspecified atom stereocenters. The highest BCUT2D eigenvalue weighted by molar-refractivity contribution is 9.10. The third-order valence-corrected chi connectivity index (χ3v) is 13.2. The van der Waals surface area contributed by atoms with Crippen LogP contribution in [-0.4, -0.2) is 51.4 Å². The first kappa shape index (κ1) is 33.9. The Balaban J connectivity index is 1.19. The van der Waals surface area contributed by atoms with Crippen molar-refractivity contribution in [2.75, 3.05) is 13.1 Å². The second kappa shape index (κ2) is 14.2. The summed E-state index contributed by atoms with van der Waals surface area (Å²) in [4.78, 5) is 27.9. The minimum atomic E-state index is -1.13. The third-order valence-electron chi connectivity index (χ3n) is 12.6. The molecule has 0 spiro atoms. The zero-order valence-corrected chi connectivity index (χ0v) is 29.3. The molecule has 6 heteroatoms. The molecule has 0 radical (unpaired) electrons. The van der Waals surface area contributed by atoms with Crippen LogP contribution in [-0.2, 0) is 9.59 Å². The fourth-order valence-electron chi connectivity index (χ4n) is 10.4. The van der Waals surface area contributed by atoms with Crippen LogP contribution in [0.4, 0.5) is 0 Å². The SMILES string of the molecule is C=CC1CC(/C=C\C2CC(C=C)C(CN3C4CCCCC4C4CCCCC43)C2)C(CNC(=O)C(C)(C)CC(C)(Br)C(=O)O)C1. The Morgan fingerprint density at radius 1 is 0.841 bits per heavy atom. The van der Waals surface area contributed by atoms with E-state index in [1.807, 2.05) is 13.8 Å². The quantitative estimate of drug-likeness (QED) is 0.162. The monoisotopic (exact) mass is 670 g/mol. The number of carbonyl (C=O) groups is 2. The second-order valence-electron chi connectivity index (χ2n) is 16.2. The van der Waals surface area contributed by atoms with Crippen LogP contribution in [0, 0.1) is 52.8 Å². The molecule has 0 aromatic rings. The van der Waals surface area contributed by atoms with Crippen LogP contribution in [0.2, 0.25) is 0 Å². The van der Waals surface area contributed by atoms with Crippen molar-refractivity contribution >= 4 is 27.8 Å². The minimum absolute atomic E-state index is 0.0796. The number of halogens is 1. The van der Waals surface area contributed by atoms with Gasteiger partial charge in [-0.05, 0) is 112 Å². The van der Waals surface area contributed by atoms with E-state index in [0.29, 0.717) is 42.1 Å². The highest BCUT2D eigenvalue weighted by Gasteiger charge is 2.50. The van der Waals surface area contributed by atoms with Crippen LogP contribution >= 0.6 is 15.9 Å². The van der Waals surface area contributed by atoms with Gasteiger partial charge in [0.15, 0.2) is 0 Å². The van der Waals surface area contributed by atoms with Crippen molar-refractivity contribution in [2.45, 2.75) is 121 Å². The van der Waals surface area contributed by atoms with Gasteiger partial charge in [-0.3, -0.25) is 14.5 Å². The van der Waals surface area contributed by atoms with E-state index < -0.39 is 15.7 Å². The first-order chi connectivity index (χ1) is 20.9. The Morgan fingerprint density at radius 3 is 2.02 bits per heavy atom. The van der Waals surface area contributed by atoms with Gasteiger partial charge in [0.25, 0.3) is 0 Å². The number of hydrogen-bond donors (Lipinski definition) is 2. The normalized spacial score (nSPS) is 39.0. The average molecular weight is 672 g/mol. The topological polar surface area (TPSA) is 69.6 Å². The smallest absolute Gasteiger partial charge is 0.320 e. The van der Waals surface area contributed by atoms with E-state index in [1.165, 1.54) is 70.8 Å². The number of fused-ring (bicyclic) bond motifs is 3. The van der Waals surface area contributed by atoms with E-state index in [9.17, 15) is 14.7 Å². The Bertz CT molecular complexity index is 1060. The van der Waals surface area contributed by atoms with Gasteiger partial charge in [0.05, 0.1) is 0 Å². The molecule has 5 nitrogen and oxygen atoms in total. The molecule has 1 aliphatic heterocycles. The maximum atomic E-state index is 13.2. The van der Waals surface area contributed by atoms with E-state index in [2.05, 4.69) is 63.6 Å². The van der Waals surface area contributed by atoms with E-state index in [1.54, 1.807) is 6.92 Å². The van der Waals surface area contributed by atoms with Gasteiger partial charge < -0.3 is 10.4 Å². The summed E-state index contributed by atoms with van der Waals surface area (Å²) >= 11 is 3.31. The van der Waals surface area contributed by atoms with Gasteiger partial charge in [0, 0.05) is 30.6 Å².